The summed E-state index contributed by atoms with van der Waals surface area (Å²) in [4.78, 5) is 40.0. The molecule has 3 aromatic rings. The van der Waals surface area contributed by atoms with Gasteiger partial charge in [-0.25, -0.2) is 0 Å². The maximum Gasteiger partial charge on any atom is 0.310 e. The van der Waals surface area contributed by atoms with Gasteiger partial charge in [0.05, 0.1) is 49.4 Å². The number of Topliss-reactive ketones (excluding diaryl/α,β-unsaturated/α-hetero) is 1. The number of aliphatic hydroxyl groups excluding tert-OH is 1. The van der Waals surface area contributed by atoms with Gasteiger partial charge in [0.15, 0.2) is 0 Å². The van der Waals surface area contributed by atoms with Crippen molar-refractivity contribution in [1.29, 1.82) is 0 Å². The zero-order valence-corrected chi connectivity index (χ0v) is 22.2. The van der Waals surface area contributed by atoms with Gasteiger partial charge in [0, 0.05) is 11.8 Å². The number of phenols is 1. The molecule has 1 amide bonds. The molecule has 1 atom stereocenters. The molecule has 0 aromatic heterocycles. The molecule has 0 bridgehead atoms. The van der Waals surface area contributed by atoms with Gasteiger partial charge >= 0.3 is 5.97 Å². The molecule has 1 aliphatic heterocycles. The zero-order chi connectivity index (χ0) is 28.3. The fourth-order valence-electron chi connectivity index (χ4n) is 4.41. The molecule has 1 fully saturated rings. The molecule has 3 aromatic carbocycles. The van der Waals surface area contributed by atoms with Crippen LogP contribution in [0.1, 0.15) is 29.7 Å². The highest BCUT2D eigenvalue weighted by Gasteiger charge is 2.47. The number of aliphatic hydroxyl groups is 1. The van der Waals surface area contributed by atoms with Gasteiger partial charge in [-0.15, -0.1) is 0 Å². The third-order valence-corrected chi connectivity index (χ3v) is 6.55. The van der Waals surface area contributed by atoms with Crippen LogP contribution in [0.3, 0.4) is 0 Å². The van der Waals surface area contributed by atoms with E-state index in [9.17, 15) is 24.6 Å². The number of hydrogen-bond acceptors (Lipinski definition) is 8. The third-order valence-electron chi connectivity index (χ3n) is 6.25. The first kappa shape index (κ1) is 27.5. The summed E-state index contributed by atoms with van der Waals surface area (Å²) in [7, 11) is 2.81. The summed E-state index contributed by atoms with van der Waals surface area (Å²) in [5.41, 5.74) is 1.38. The molecular formula is C29H26ClNO8. The largest absolute Gasteiger partial charge is 0.508 e. The number of hydrogen-bond donors (Lipinski definition) is 2. The van der Waals surface area contributed by atoms with Crippen molar-refractivity contribution in [2.75, 3.05) is 25.7 Å². The summed E-state index contributed by atoms with van der Waals surface area (Å²) in [6, 6.07) is 14.3. The fraction of sp³-hybridized carbons (Fsp3) is 0.207. The van der Waals surface area contributed by atoms with E-state index in [2.05, 4.69) is 0 Å². The van der Waals surface area contributed by atoms with Crippen LogP contribution in [-0.4, -0.2) is 48.7 Å². The molecule has 1 saturated heterocycles. The monoisotopic (exact) mass is 551 g/mol. The second-order valence-corrected chi connectivity index (χ2v) is 9.00. The van der Waals surface area contributed by atoms with E-state index in [-0.39, 0.29) is 46.7 Å². The Bertz CT molecular complexity index is 1450. The minimum absolute atomic E-state index is 0.0115. The molecule has 1 heterocycles. The van der Waals surface area contributed by atoms with E-state index in [1.165, 1.54) is 43.4 Å². The number of benzene rings is 3. The van der Waals surface area contributed by atoms with E-state index < -0.39 is 23.5 Å². The lowest BCUT2D eigenvalue weighted by Gasteiger charge is -2.26. The number of rotatable bonds is 8. The van der Waals surface area contributed by atoms with E-state index >= 15 is 0 Å². The van der Waals surface area contributed by atoms with Crippen molar-refractivity contribution in [1.82, 2.24) is 0 Å². The molecule has 10 heteroatoms. The summed E-state index contributed by atoms with van der Waals surface area (Å²) < 4.78 is 15.6. The normalized spacial score (nSPS) is 16.3. The topological polar surface area (TPSA) is 123 Å². The zero-order valence-electron chi connectivity index (χ0n) is 21.4. The van der Waals surface area contributed by atoms with Gasteiger partial charge in [-0.2, -0.15) is 0 Å². The first-order valence-corrected chi connectivity index (χ1v) is 12.3. The van der Waals surface area contributed by atoms with Crippen LogP contribution in [-0.2, 0) is 25.5 Å². The van der Waals surface area contributed by atoms with Crippen molar-refractivity contribution in [2.45, 2.75) is 19.4 Å². The fourth-order valence-corrected chi connectivity index (χ4v) is 4.65. The average molecular weight is 552 g/mol. The standard InChI is InChI=1S/C29H26ClNO8/c1-4-39-24(33)13-16-5-9-18(10-6-16)31-26(17-7-11-19(32)12-8-17)25(28(35)29(31)36)27(34)20-14-21(30)23(38-3)15-22(20)37-2/h5-12,14-15,26,32,34H,4,13H2,1-3H3/b27-25+. The lowest BCUT2D eigenvalue weighted by Crippen LogP contribution is -2.29. The molecule has 0 saturated carbocycles. The molecular weight excluding hydrogens is 526 g/mol. The van der Waals surface area contributed by atoms with Crippen LogP contribution < -0.4 is 14.4 Å². The van der Waals surface area contributed by atoms with E-state index in [0.29, 0.717) is 22.6 Å². The molecule has 1 unspecified atom stereocenters. The Balaban J connectivity index is 1.86. The van der Waals surface area contributed by atoms with Gasteiger partial charge in [0.1, 0.15) is 23.0 Å². The molecule has 2 N–H and O–H groups in total. The highest BCUT2D eigenvalue weighted by Crippen LogP contribution is 2.45. The number of nitrogens with zero attached hydrogens (tertiary/aromatic N) is 1. The summed E-state index contributed by atoms with van der Waals surface area (Å²) in [6.07, 6.45) is 0.0480. The van der Waals surface area contributed by atoms with E-state index in [1.807, 2.05) is 0 Å². The van der Waals surface area contributed by atoms with Crippen LogP contribution >= 0.6 is 11.6 Å². The van der Waals surface area contributed by atoms with Crippen LogP contribution in [0.4, 0.5) is 5.69 Å². The number of ketones is 1. The van der Waals surface area contributed by atoms with E-state index in [4.69, 9.17) is 25.8 Å². The molecule has 0 spiro atoms. The van der Waals surface area contributed by atoms with Crippen LogP contribution in [0.2, 0.25) is 5.02 Å². The van der Waals surface area contributed by atoms with Crippen molar-refractivity contribution in [3.8, 4) is 17.2 Å². The minimum atomic E-state index is -1.05. The number of methoxy groups -OCH3 is 2. The molecule has 4 rings (SSSR count). The number of aromatic hydroxyl groups is 1. The Hall–Kier alpha value is -4.50. The highest BCUT2D eigenvalue weighted by molar-refractivity contribution is 6.51. The Morgan fingerprint density at radius 2 is 1.62 bits per heavy atom. The number of amides is 1. The lowest BCUT2D eigenvalue weighted by molar-refractivity contribution is -0.142. The smallest absolute Gasteiger partial charge is 0.310 e. The maximum atomic E-state index is 13.4. The lowest BCUT2D eigenvalue weighted by atomic mass is 9.94. The van der Waals surface area contributed by atoms with Gasteiger partial charge in [-0.05, 0) is 48.4 Å². The summed E-state index contributed by atoms with van der Waals surface area (Å²) in [5, 5.41) is 21.5. The second kappa shape index (κ2) is 11.5. The molecule has 202 valence electrons. The van der Waals surface area contributed by atoms with Crippen LogP contribution in [0, 0.1) is 0 Å². The number of anilines is 1. The van der Waals surface area contributed by atoms with Gasteiger partial charge in [-0.1, -0.05) is 35.9 Å². The van der Waals surface area contributed by atoms with Crippen LogP contribution in [0.5, 0.6) is 17.2 Å². The molecule has 39 heavy (non-hydrogen) atoms. The quantitative estimate of drug-likeness (QED) is 0.177. The van der Waals surface area contributed by atoms with Gasteiger partial charge in [-0.3, -0.25) is 19.3 Å². The first-order chi connectivity index (χ1) is 18.7. The minimum Gasteiger partial charge on any atom is -0.508 e. The molecule has 0 radical (unpaired) electrons. The molecule has 0 aliphatic carbocycles. The molecule has 9 nitrogen and oxygen atoms in total. The summed E-state index contributed by atoms with van der Waals surface area (Å²) in [6.45, 7) is 1.98. The molecule has 1 aliphatic rings. The third kappa shape index (κ3) is 5.39. The summed E-state index contributed by atoms with van der Waals surface area (Å²) in [5.74, 6) is -2.21. The van der Waals surface area contributed by atoms with Crippen molar-refractivity contribution in [3.05, 3.63) is 87.9 Å². The number of halogens is 1. The average Bonchev–Trinajstić information content (AvgIpc) is 3.19. The van der Waals surface area contributed by atoms with Crippen molar-refractivity contribution < 1.29 is 38.8 Å². The summed E-state index contributed by atoms with van der Waals surface area (Å²) >= 11 is 6.30. The Morgan fingerprint density at radius 1 is 0.974 bits per heavy atom. The predicted octanol–water partition coefficient (Wildman–Crippen LogP) is 4.79. The first-order valence-electron chi connectivity index (χ1n) is 12.0. The number of carbonyl (C=O) groups excluding carboxylic acids is 3. The van der Waals surface area contributed by atoms with Crippen molar-refractivity contribution in [3.63, 3.8) is 0 Å². The van der Waals surface area contributed by atoms with Gasteiger partial charge < -0.3 is 24.4 Å². The number of carbonyl (C=O) groups is 3. The van der Waals surface area contributed by atoms with Gasteiger partial charge in [0.25, 0.3) is 11.7 Å². The predicted molar refractivity (Wildman–Crippen MR) is 144 cm³/mol. The van der Waals surface area contributed by atoms with Crippen molar-refractivity contribution >= 4 is 40.7 Å². The number of esters is 1. The second-order valence-electron chi connectivity index (χ2n) is 8.60. The Labute approximate surface area is 229 Å². The Morgan fingerprint density at radius 3 is 2.21 bits per heavy atom. The Kier molecular flexibility index (Phi) is 8.11. The number of phenolic OH excluding ortho intramolecular Hbond substituents is 1. The van der Waals surface area contributed by atoms with Crippen molar-refractivity contribution in [2.24, 2.45) is 0 Å². The SMILES string of the molecule is CCOC(=O)Cc1ccc(N2C(=O)C(=O)/C(=C(/O)c3cc(Cl)c(OC)cc3OC)C2c2ccc(O)cc2)cc1. The van der Waals surface area contributed by atoms with E-state index in [1.54, 1.807) is 43.3 Å². The number of ether oxygens (including phenoxy) is 3. The van der Waals surface area contributed by atoms with Gasteiger partial charge in [0.2, 0.25) is 0 Å². The van der Waals surface area contributed by atoms with Crippen LogP contribution in [0.15, 0.2) is 66.2 Å². The van der Waals surface area contributed by atoms with E-state index in [0.717, 1.165) is 0 Å². The maximum absolute atomic E-state index is 13.4. The highest BCUT2D eigenvalue weighted by atomic mass is 35.5. The van der Waals surface area contributed by atoms with Crippen LogP contribution in [0.25, 0.3) is 5.76 Å².